The van der Waals surface area contributed by atoms with Gasteiger partial charge >= 0.3 is 0 Å². The third-order valence-corrected chi connectivity index (χ3v) is 6.61. The fraction of sp³-hybridized carbons (Fsp3) is 0.381. The van der Waals surface area contributed by atoms with Crippen LogP contribution in [-0.2, 0) is 20.2 Å². The summed E-state index contributed by atoms with van der Waals surface area (Å²) in [5.74, 6) is 0.743. The first-order valence-electron chi connectivity index (χ1n) is 8.98. The number of methoxy groups -OCH3 is 1. The molecule has 144 valence electrons. The van der Waals surface area contributed by atoms with Crippen molar-refractivity contribution in [3.05, 3.63) is 65.2 Å². The van der Waals surface area contributed by atoms with Crippen LogP contribution in [0.25, 0.3) is 0 Å². The average Bonchev–Trinajstić information content (AvgIpc) is 2.82. The molecular formula is C21H25NO4S. The Hall–Kier alpha value is -2.18. The molecule has 0 amide bonds. The molecule has 1 fully saturated rings. The fourth-order valence-electron chi connectivity index (χ4n) is 3.91. The minimum absolute atomic E-state index is 0.0492. The number of Topliss-reactive ketones (excluding diaryl/α,β-unsaturated/α-hetero) is 1. The predicted octanol–water partition coefficient (Wildman–Crippen LogP) is 2.91. The lowest BCUT2D eigenvalue weighted by molar-refractivity contribution is -0.122. The molecule has 2 aromatic rings. The molecule has 6 heteroatoms. The van der Waals surface area contributed by atoms with E-state index in [2.05, 4.69) is 0 Å². The van der Waals surface area contributed by atoms with Gasteiger partial charge in [-0.3, -0.25) is 4.79 Å². The first-order chi connectivity index (χ1) is 12.8. The Morgan fingerprint density at radius 1 is 1.07 bits per heavy atom. The number of aryl methyl sites for hydroxylation is 1. The van der Waals surface area contributed by atoms with Crippen molar-refractivity contribution >= 4 is 15.8 Å². The van der Waals surface area contributed by atoms with Crippen LogP contribution in [0.3, 0.4) is 0 Å². The van der Waals surface area contributed by atoms with Gasteiger partial charge in [0.25, 0.3) is 0 Å². The normalized spacial score (nSPS) is 21.7. The average molecular weight is 388 g/mol. The van der Waals surface area contributed by atoms with Crippen LogP contribution in [0, 0.1) is 6.92 Å². The number of benzene rings is 2. The van der Waals surface area contributed by atoms with Crippen molar-refractivity contribution in [3.63, 3.8) is 0 Å². The highest BCUT2D eigenvalue weighted by Gasteiger charge is 2.46. The number of sulfonamides is 1. The summed E-state index contributed by atoms with van der Waals surface area (Å²) in [5.41, 5.74) is 1.59. The van der Waals surface area contributed by atoms with Gasteiger partial charge in [0.1, 0.15) is 11.5 Å². The van der Waals surface area contributed by atoms with Gasteiger partial charge in [0, 0.05) is 19.5 Å². The summed E-state index contributed by atoms with van der Waals surface area (Å²) in [6, 6.07) is 15.1. The Morgan fingerprint density at radius 2 is 1.74 bits per heavy atom. The maximum Gasteiger partial charge on any atom is 0.211 e. The summed E-state index contributed by atoms with van der Waals surface area (Å²) in [6.07, 6.45) is 2.07. The van der Waals surface area contributed by atoms with Gasteiger partial charge in [-0.1, -0.05) is 36.4 Å². The van der Waals surface area contributed by atoms with Gasteiger partial charge in [0.05, 0.1) is 18.8 Å². The summed E-state index contributed by atoms with van der Waals surface area (Å²) < 4.78 is 31.4. The lowest BCUT2D eigenvalue weighted by Crippen LogP contribution is -2.47. The van der Waals surface area contributed by atoms with E-state index in [1.54, 1.807) is 7.11 Å². The third-order valence-electron chi connectivity index (χ3n) is 5.36. The number of hydrogen-bond donors (Lipinski definition) is 0. The van der Waals surface area contributed by atoms with E-state index in [1.165, 1.54) is 10.6 Å². The van der Waals surface area contributed by atoms with Crippen LogP contribution in [0.15, 0.2) is 48.5 Å². The minimum Gasteiger partial charge on any atom is -0.497 e. The molecular weight excluding hydrogens is 362 g/mol. The number of carbonyl (C=O) groups is 1. The maximum absolute atomic E-state index is 13.5. The van der Waals surface area contributed by atoms with E-state index in [4.69, 9.17) is 4.74 Å². The second kappa shape index (κ2) is 7.44. The van der Waals surface area contributed by atoms with E-state index in [0.717, 1.165) is 16.7 Å². The van der Waals surface area contributed by atoms with Crippen molar-refractivity contribution in [2.75, 3.05) is 26.5 Å². The summed E-state index contributed by atoms with van der Waals surface area (Å²) >= 11 is 0. The molecule has 0 N–H and O–H groups in total. The van der Waals surface area contributed by atoms with Gasteiger partial charge in [-0.15, -0.1) is 0 Å². The zero-order valence-corrected chi connectivity index (χ0v) is 16.8. The lowest BCUT2D eigenvalue weighted by atomic mass is 9.69. The van der Waals surface area contributed by atoms with Gasteiger partial charge in [0.2, 0.25) is 10.0 Å². The minimum atomic E-state index is -3.43. The second-order valence-electron chi connectivity index (χ2n) is 7.07. The molecule has 0 bridgehead atoms. The van der Waals surface area contributed by atoms with Crippen molar-refractivity contribution in [1.29, 1.82) is 0 Å². The van der Waals surface area contributed by atoms with Crippen LogP contribution in [0.5, 0.6) is 5.75 Å². The van der Waals surface area contributed by atoms with Gasteiger partial charge < -0.3 is 4.74 Å². The van der Waals surface area contributed by atoms with Crippen LogP contribution in [0.2, 0.25) is 0 Å². The largest absolute Gasteiger partial charge is 0.497 e. The van der Waals surface area contributed by atoms with Crippen molar-refractivity contribution in [2.45, 2.75) is 25.2 Å². The lowest BCUT2D eigenvalue weighted by Gasteiger charge is -2.36. The molecule has 0 spiro atoms. The highest BCUT2D eigenvalue weighted by molar-refractivity contribution is 7.88. The maximum atomic E-state index is 13.5. The van der Waals surface area contributed by atoms with Crippen molar-refractivity contribution in [1.82, 2.24) is 4.31 Å². The van der Waals surface area contributed by atoms with Crippen LogP contribution in [0.1, 0.15) is 29.5 Å². The zero-order valence-electron chi connectivity index (χ0n) is 15.9. The molecule has 0 aliphatic carbocycles. The van der Waals surface area contributed by atoms with E-state index in [0.29, 0.717) is 25.1 Å². The first-order valence-corrected chi connectivity index (χ1v) is 10.8. The van der Waals surface area contributed by atoms with Crippen molar-refractivity contribution < 1.29 is 17.9 Å². The molecule has 1 heterocycles. The van der Waals surface area contributed by atoms with Gasteiger partial charge in [-0.2, -0.15) is 0 Å². The topological polar surface area (TPSA) is 63.7 Å². The molecule has 1 aliphatic rings. The van der Waals surface area contributed by atoms with E-state index >= 15 is 0 Å². The highest BCUT2D eigenvalue weighted by atomic mass is 32.2. The van der Waals surface area contributed by atoms with Crippen LogP contribution < -0.4 is 4.74 Å². The molecule has 1 aliphatic heterocycles. The van der Waals surface area contributed by atoms with Crippen molar-refractivity contribution in [3.8, 4) is 5.75 Å². The van der Waals surface area contributed by atoms with Crippen LogP contribution >= 0.6 is 0 Å². The van der Waals surface area contributed by atoms with E-state index in [-0.39, 0.29) is 12.3 Å². The Morgan fingerprint density at radius 3 is 2.33 bits per heavy atom. The standard InChI is InChI=1S/C21H25NO4S/c1-16-7-4-5-8-19(16)21(17-10-12-18(26-2)13-11-17)15-22(27(3,24)25)14-6-9-20(21)23/h4-5,7-8,10-13H,6,9,14-15H2,1-3H3. The number of carbonyl (C=O) groups excluding carboxylic acids is 1. The van der Waals surface area contributed by atoms with E-state index < -0.39 is 15.4 Å². The molecule has 0 saturated carbocycles. The SMILES string of the molecule is COc1ccc(C2(c3ccccc3C)CN(S(C)(=O)=O)CCCC2=O)cc1. The number of hydrogen-bond acceptors (Lipinski definition) is 4. The predicted molar refractivity (Wildman–Crippen MR) is 106 cm³/mol. The quantitative estimate of drug-likeness (QED) is 0.809. The molecule has 0 radical (unpaired) electrons. The highest BCUT2D eigenvalue weighted by Crippen LogP contribution is 2.40. The summed E-state index contributed by atoms with van der Waals surface area (Å²) in [4.78, 5) is 13.5. The molecule has 0 aromatic heterocycles. The van der Waals surface area contributed by atoms with Gasteiger partial charge in [0.15, 0.2) is 0 Å². The number of rotatable bonds is 4. The summed E-state index contributed by atoms with van der Waals surface area (Å²) in [7, 11) is -1.84. The van der Waals surface area contributed by atoms with Crippen molar-refractivity contribution in [2.24, 2.45) is 0 Å². The molecule has 3 rings (SSSR count). The number of ketones is 1. The molecule has 2 aromatic carbocycles. The Bertz CT molecular complexity index is 937. The van der Waals surface area contributed by atoms with Gasteiger partial charge in [-0.05, 0) is 42.2 Å². The molecule has 27 heavy (non-hydrogen) atoms. The van der Waals surface area contributed by atoms with Gasteiger partial charge in [-0.25, -0.2) is 12.7 Å². The summed E-state index contributed by atoms with van der Waals surface area (Å²) in [6.45, 7) is 2.43. The smallest absolute Gasteiger partial charge is 0.211 e. The molecule has 1 atom stereocenters. The van der Waals surface area contributed by atoms with Crippen LogP contribution in [0.4, 0.5) is 0 Å². The Balaban J connectivity index is 2.28. The summed E-state index contributed by atoms with van der Waals surface area (Å²) in [5, 5.41) is 0. The monoisotopic (exact) mass is 387 g/mol. The first kappa shape index (κ1) is 19.6. The van der Waals surface area contributed by atoms with E-state index in [9.17, 15) is 13.2 Å². The fourth-order valence-corrected chi connectivity index (χ4v) is 4.80. The second-order valence-corrected chi connectivity index (χ2v) is 9.05. The third kappa shape index (κ3) is 3.64. The number of nitrogens with zero attached hydrogens (tertiary/aromatic N) is 1. The Kier molecular flexibility index (Phi) is 5.40. The molecule has 1 unspecified atom stereocenters. The van der Waals surface area contributed by atoms with Crippen LogP contribution in [-0.4, -0.2) is 45.0 Å². The van der Waals surface area contributed by atoms with E-state index in [1.807, 2.05) is 55.5 Å². The molecule has 1 saturated heterocycles. The number of ether oxygens (including phenoxy) is 1. The Labute approximate surface area is 161 Å². The zero-order chi connectivity index (χ0) is 19.7. The molecule has 5 nitrogen and oxygen atoms in total.